The maximum atomic E-state index is 6.01. The zero-order valence-electron chi connectivity index (χ0n) is 13.1. The summed E-state index contributed by atoms with van der Waals surface area (Å²) in [5.41, 5.74) is 1.77. The van der Waals surface area contributed by atoms with Crippen LogP contribution in [0, 0.1) is 0 Å². The Bertz CT molecular complexity index is 763. The van der Waals surface area contributed by atoms with Gasteiger partial charge in [0.05, 0.1) is 13.7 Å². The average Bonchev–Trinajstić information content (AvgIpc) is 3.04. The molecule has 0 atom stereocenters. The van der Waals surface area contributed by atoms with Gasteiger partial charge in [0.25, 0.3) is 0 Å². The molecule has 2 aromatic rings. The molecule has 0 radical (unpaired) electrons. The van der Waals surface area contributed by atoms with E-state index >= 15 is 0 Å². The largest absolute Gasteiger partial charge is 0.497 e. The van der Waals surface area contributed by atoms with E-state index in [1.807, 2.05) is 53.4 Å². The number of benzene rings is 2. The van der Waals surface area contributed by atoms with Crippen LogP contribution in [0.25, 0.3) is 0 Å². The Labute approximate surface area is 151 Å². The standard InChI is InChI=1S/C17H17ClN4OS/c1-23-15-7-5-13(6-8-15)20-16-19-9-10-22(16)17(24)21-14-4-2-3-12(18)11-14/h2-8,11H,9-10H2,1H3,(H,19,20)(H,21,24). The number of guanidine groups is 1. The minimum absolute atomic E-state index is 0.578. The van der Waals surface area contributed by atoms with Gasteiger partial charge in [0.2, 0.25) is 5.96 Å². The lowest BCUT2D eigenvalue weighted by Gasteiger charge is -2.22. The number of nitrogens with zero attached hydrogens (tertiary/aromatic N) is 2. The van der Waals surface area contributed by atoms with Gasteiger partial charge < -0.3 is 15.4 Å². The number of aliphatic imine (C=N–C) groups is 1. The Morgan fingerprint density at radius 3 is 2.71 bits per heavy atom. The normalized spacial score (nSPS) is 13.4. The third-order valence-corrected chi connectivity index (χ3v) is 4.07. The molecule has 7 heteroatoms. The van der Waals surface area contributed by atoms with Crippen LogP contribution in [0.4, 0.5) is 11.4 Å². The molecule has 0 aliphatic carbocycles. The van der Waals surface area contributed by atoms with Crippen molar-refractivity contribution >= 4 is 46.3 Å². The Morgan fingerprint density at radius 2 is 2.00 bits per heavy atom. The summed E-state index contributed by atoms with van der Waals surface area (Å²) in [6.07, 6.45) is 0. The first kappa shape index (κ1) is 16.5. The van der Waals surface area contributed by atoms with Crippen molar-refractivity contribution in [2.24, 2.45) is 4.99 Å². The molecule has 0 saturated heterocycles. The molecule has 0 saturated carbocycles. The Hall–Kier alpha value is -2.31. The van der Waals surface area contributed by atoms with E-state index in [1.54, 1.807) is 7.11 Å². The zero-order chi connectivity index (χ0) is 16.9. The quantitative estimate of drug-likeness (QED) is 0.815. The van der Waals surface area contributed by atoms with Crippen LogP contribution in [-0.4, -0.2) is 36.2 Å². The minimum Gasteiger partial charge on any atom is -0.497 e. The van der Waals surface area contributed by atoms with Crippen LogP contribution < -0.4 is 15.4 Å². The second-order valence-electron chi connectivity index (χ2n) is 5.15. The topological polar surface area (TPSA) is 48.9 Å². The Morgan fingerprint density at radius 1 is 1.21 bits per heavy atom. The molecule has 124 valence electrons. The number of rotatable bonds is 3. The van der Waals surface area contributed by atoms with Gasteiger partial charge in [-0.05, 0) is 54.7 Å². The van der Waals surface area contributed by atoms with Crippen LogP contribution >= 0.6 is 23.8 Å². The van der Waals surface area contributed by atoms with Crippen molar-refractivity contribution in [3.63, 3.8) is 0 Å². The summed E-state index contributed by atoms with van der Waals surface area (Å²) in [5.74, 6) is 1.53. The molecule has 0 spiro atoms. The van der Waals surface area contributed by atoms with Crippen LogP contribution in [0.1, 0.15) is 0 Å². The van der Waals surface area contributed by atoms with E-state index in [9.17, 15) is 0 Å². The van der Waals surface area contributed by atoms with E-state index in [1.165, 1.54) is 0 Å². The van der Waals surface area contributed by atoms with Gasteiger partial charge in [-0.2, -0.15) is 0 Å². The maximum Gasteiger partial charge on any atom is 0.204 e. The second-order valence-corrected chi connectivity index (χ2v) is 5.97. The summed E-state index contributed by atoms with van der Waals surface area (Å²) >= 11 is 11.5. The predicted molar refractivity (Wildman–Crippen MR) is 103 cm³/mol. The highest BCUT2D eigenvalue weighted by molar-refractivity contribution is 7.80. The van der Waals surface area contributed by atoms with Crippen molar-refractivity contribution in [1.29, 1.82) is 0 Å². The fraction of sp³-hybridized carbons (Fsp3) is 0.176. The molecule has 0 unspecified atom stereocenters. The summed E-state index contributed by atoms with van der Waals surface area (Å²) < 4.78 is 5.16. The smallest absolute Gasteiger partial charge is 0.204 e. The van der Waals surface area contributed by atoms with E-state index < -0.39 is 0 Å². The van der Waals surface area contributed by atoms with E-state index in [0.29, 0.717) is 16.7 Å². The first-order valence-corrected chi connectivity index (χ1v) is 8.24. The fourth-order valence-corrected chi connectivity index (χ4v) is 2.80. The van der Waals surface area contributed by atoms with E-state index in [-0.39, 0.29) is 0 Å². The van der Waals surface area contributed by atoms with E-state index in [4.69, 9.17) is 28.6 Å². The number of nitrogens with one attached hydrogen (secondary N) is 2. The van der Waals surface area contributed by atoms with E-state index in [0.717, 1.165) is 29.6 Å². The van der Waals surface area contributed by atoms with Crippen molar-refractivity contribution < 1.29 is 4.74 Å². The number of thiocarbonyl (C=S) groups is 1. The highest BCUT2D eigenvalue weighted by Crippen LogP contribution is 2.18. The lowest BCUT2D eigenvalue weighted by molar-refractivity contribution is 0.415. The first-order valence-electron chi connectivity index (χ1n) is 7.45. The Kier molecular flexibility index (Phi) is 5.17. The van der Waals surface area contributed by atoms with Gasteiger partial charge in [0.1, 0.15) is 5.75 Å². The van der Waals surface area contributed by atoms with Gasteiger partial charge >= 0.3 is 0 Å². The lowest BCUT2D eigenvalue weighted by Crippen LogP contribution is -2.40. The fourth-order valence-electron chi connectivity index (χ4n) is 2.31. The summed E-state index contributed by atoms with van der Waals surface area (Å²) in [6.45, 7) is 1.42. The van der Waals surface area contributed by atoms with E-state index in [2.05, 4.69) is 15.6 Å². The second kappa shape index (κ2) is 7.51. The lowest BCUT2D eigenvalue weighted by atomic mass is 10.3. The summed E-state index contributed by atoms with van der Waals surface area (Å²) in [4.78, 5) is 6.41. The average molecular weight is 361 g/mol. The van der Waals surface area contributed by atoms with Crippen LogP contribution in [0.2, 0.25) is 5.02 Å². The number of hydrogen-bond donors (Lipinski definition) is 2. The molecular formula is C17H17ClN4OS. The van der Waals surface area contributed by atoms with Crippen molar-refractivity contribution in [3.05, 3.63) is 53.6 Å². The highest BCUT2D eigenvalue weighted by atomic mass is 35.5. The maximum absolute atomic E-state index is 6.01. The molecule has 0 amide bonds. The molecule has 1 aliphatic rings. The van der Waals surface area contributed by atoms with Gasteiger partial charge in [-0.1, -0.05) is 17.7 Å². The Balaban J connectivity index is 1.66. The van der Waals surface area contributed by atoms with Gasteiger partial charge in [0, 0.05) is 22.9 Å². The van der Waals surface area contributed by atoms with Gasteiger partial charge in [-0.25, -0.2) is 0 Å². The molecule has 2 aromatic carbocycles. The van der Waals surface area contributed by atoms with Crippen molar-refractivity contribution in [2.75, 3.05) is 30.8 Å². The monoisotopic (exact) mass is 360 g/mol. The zero-order valence-corrected chi connectivity index (χ0v) is 14.7. The summed E-state index contributed by atoms with van der Waals surface area (Å²) in [7, 11) is 1.64. The molecule has 0 fully saturated rings. The van der Waals surface area contributed by atoms with Crippen molar-refractivity contribution in [1.82, 2.24) is 4.90 Å². The SMILES string of the molecule is COc1ccc(NC2=NCCN2C(=S)Nc2cccc(Cl)c2)cc1. The molecule has 24 heavy (non-hydrogen) atoms. The van der Waals surface area contributed by atoms with Gasteiger partial charge in [0.15, 0.2) is 5.11 Å². The number of ether oxygens (including phenoxy) is 1. The highest BCUT2D eigenvalue weighted by Gasteiger charge is 2.21. The van der Waals surface area contributed by atoms with Crippen LogP contribution in [-0.2, 0) is 0 Å². The molecule has 1 heterocycles. The third kappa shape index (κ3) is 3.96. The van der Waals surface area contributed by atoms with Crippen molar-refractivity contribution in [3.8, 4) is 5.75 Å². The molecule has 3 rings (SSSR count). The van der Waals surface area contributed by atoms with Crippen LogP contribution in [0.15, 0.2) is 53.5 Å². The molecule has 2 N–H and O–H groups in total. The molecule has 1 aliphatic heterocycles. The molecule has 5 nitrogen and oxygen atoms in total. The molecule has 0 bridgehead atoms. The van der Waals surface area contributed by atoms with Gasteiger partial charge in [-0.3, -0.25) is 9.89 Å². The number of halogens is 1. The van der Waals surface area contributed by atoms with Gasteiger partial charge in [-0.15, -0.1) is 0 Å². The van der Waals surface area contributed by atoms with Crippen molar-refractivity contribution in [2.45, 2.75) is 0 Å². The molecule has 0 aromatic heterocycles. The van der Waals surface area contributed by atoms with Crippen LogP contribution in [0.5, 0.6) is 5.75 Å². The number of hydrogen-bond acceptors (Lipinski definition) is 4. The minimum atomic E-state index is 0.578. The van der Waals surface area contributed by atoms with Crippen LogP contribution in [0.3, 0.4) is 0 Å². The first-order chi connectivity index (χ1) is 11.7. The predicted octanol–water partition coefficient (Wildman–Crippen LogP) is 3.83. The number of methoxy groups -OCH3 is 1. The third-order valence-electron chi connectivity index (χ3n) is 3.51. The number of anilines is 2. The molecular weight excluding hydrogens is 344 g/mol. The summed E-state index contributed by atoms with van der Waals surface area (Å²) in [6, 6.07) is 15.1. The summed E-state index contributed by atoms with van der Waals surface area (Å²) in [5, 5.41) is 7.72.